The topological polar surface area (TPSA) is 90.3 Å². The zero-order chi connectivity index (χ0) is 23.5. The summed E-state index contributed by atoms with van der Waals surface area (Å²) in [5, 5.41) is 15.3. The standard InChI is InChI=1S/C23H20ClN5O3S/c1-13-5-4-6-16(21(13)32-3)22(30)26-23(33)25-14-7-9-18-19(11-14)28-29(27-18)15-8-10-20(31-2)17(24)12-15/h4-12H,1-3H3,(H2,25,26,30,33). The van der Waals surface area contributed by atoms with E-state index >= 15 is 0 Å². The highest BCUT2D eigenvalue weighted by Gasteiger charge is 2.15. The number of rotatable bonds is 5. The van der Waals surface area contributed by atoms with Gasteiger partial charge in [0.15, 0.2) is 5.11 Å². The lowest BCUT2D eigenvalue weighted by Crippen LogP contribution is -2.34. The molecule has 0 aliphatic rings. The molecular formula is C23H20ClN5O3S. The quantitative estimate of drug-likeness (QED) is 0.405. The third kappa shape index (κ3) is 4.74. The second-order valence-electron chi connectivity index (χ2n) is 7.08. The molecule has 8 nitrogen and oxygen atoms in total. The van der Waals surface area contributed by atoms with E-state index < -0.39 is 0 Å². The van der Waals surface area contributed by atoms with Crippen molar-refractivity contribution in [2.75, 3.05) is 19.5 Å². The van der Waals surface area contributed by atoms with Crippen molar-refractivity contribution in [3.05, 3.63) is 70.7 Å². The first kappa shape index (κ1) is 22.5. The van der Waals surface area contributed by atoms with E-state index in [0.29, 0.717) is 44.5 Å². The normalized spacial score (nSPS) is 10.7. The van der Waals surface area contributed by atoms with Crippen molar-refractivity contribution >= 4 is 51.6 Å². The Kier molecular flexibility index (Phi) is 6.43. The lowest BCUT2D eigenvalue weighted by Gasteiger charge is -2.13. The maximum atomic E-state index is 12.7. The number of thiocarbonyl (C=S) groups is 1. The highest BCUT2D eigenvalue weighted by molar-refractivity contribution is 7.80. The summed E-state index contributed by atoms with van der Waals surface area (Å²) in [6.45, 7) is 1.87. The summed E-state index contributed by atoms with van der Waals surface area (Å²) in [5.41, 5.74) is 3.94. The van der Waals surface area contributed by atoms with E-state index in [9.17, 15) is 4.79 Å². The van der Waals surface area contributed by atoms with Crippen molar-refractivity contribution in [2.24, 2.45) is 0 Å². The fourth-order valence-electron chi connectivity index (χ4n) is 3.32. The van der Waals surface area contributed by atoms with Gasteiger partial charge in [0.2, 0.25) is 0 Å². The van der Waals surface area contributed by atoms with E-state index in [1.54, 1.807) is 49.6 Å². The molecular weight excluding hydrogens is 462 g/mol. The van der Waals surface area contributed by atoms with E-state index in [-0.39, 0.29) is 11.0 Å². The third-order valence-corrected chi connectivity index (χ3v) is 5.39. The van der Waals surface area contributed by atoms with E-state index in [4.69, 9.17) is 33.3 Å². The number of benzene rings is 3. The molecule has 2 N–H and O–H groups in total. The van der Waals surface area contributed by atoms with Gasteiger partial charge in [0.05, 0.1) is 30.5 Å². The summed E-state index contributed by atoms with van der Waals surface area (Å²) in [6, 6.07) is 16.0. The number of fused-ring (bicyclic) bond motifs is 1. The summed E-state index contributed by atoms with van der Waals surface area (Å²) in [7, 11) is 3.08. The molecule has 0 radical (unpaired) electrons. The maximum Gasteiger partial charge on any atom is 0.261 e. The van der Waals surface area contributed by atoms with Crippen LogP contribution in [0, 0.1) is 6.92 Å². The molecule has 1 amide bonds. The van der Waals surface area contributed by atoms with Gasteiger partial charge < -0.3 is 14.8 Å². The molecule has 10 heteroatoms. The van der Waals surface area contributed by atoms with Crippen molar-refractivity contribution in [3.8, 4) is 17.2 Å². The van der Waals surface area contributed by atoms with Crippen molar-refractivity contribution in [1.82, 2.24) is 20.3 Å². The largest absolute Gasteiger partial charge is 0.496 e. The number of nitrogens with zero attached hydrogens (tertiary/aromatic N) is 3. The molecule has 0 aliphatic carbocycles. The number of methoxy groups -OCH3 is 2. The van der Waals surface area contributed by atoms with Crippen molar-refractivity contribution in [3.63, 3.8) is 0 Å². The highest BCUT2D eigenvalue weighted by Crippen LogP contribution is 2.27. The average molecular weight is 482 g/mol. The Morgan fingerprint density at radius 3 is 2.55 bits per heavy atom. The van der Waals surface area contributed by atoms with E-state index in [1.807, 2.05) is 19.1 Å². The molecule has 168 valence electrons. The Bertz CT molecular complexity index is 1370. The van der Waals surface area contributed by atoms with Gasteiger partial charge in [-0.3, -0.25) is 10.1 Å². The summed E-state index contributed by atoms with van der Waals surface area (Å²) in [6.07, 6.45) is 0. The number of para-hydroxylation sites is 1. The van der Waals surface area contributed by atoms with Crippen LogP contribution in [0.4, 0.5) is 5.69 Å². The Morgan fingerprint density at radius 1 is 1.03 bits per heavy atom. The molecule has 4 aromatic rings. The fraction of sp³-hybridized carbons (Fsp3) is 0.130. The van der Waals surface area contributed by atoms with Gasteiger partial charge >= 0.3 is 0 Å². The van der Waals surface area contributed by atoms with E-state index in [2.05, 4.69) is 20.8 Å². The number of hydrogen-bond acceptors (Lipinski definition) is 6. The van der Waals surface area contributed by atoms with Crippen LogP contribution in [0.3, 0.4) is 0 Å². The number of anilines is 1. The Hall–Kier alpha value is -3.69. The van der Waals surface area contributed by atoms with Crippen LogP contribution in [-0.4, -0.2) is 40.2 Å². The minimum absolute atomic E-state index is 0.150. The Balaban J connectivity index is 1.50. The Labute approximate surface area is 200 Å². The molecule has 1 aromatic heterocycles. The SMILES string of the molecule is COc1ccc(-n2nc3ccc(NC(=S)NC(=O)c4cccc(C)c4OC)cc3n2)cc1Cl. The Morgan fingerprint density at radius 2 is 1.82 bits per heavy atom. The number of hydrogen-bond donors (Lipinski definition) is 2. The second-order valence-corrected chi connectivity index (χ2v) is 7.89. The van der Waals surface area contributed by atoms with Gasteiger partial charge in [-0.05, 0) is 67.2 Å². The predicted molar refractivity (Wildman–Crippen MR) is 132 cm³/mol. The van der Waals surface area contributed by atoms with Gasteiger partial charge in [-0.15, -0.1) is 10.2 Å². The van der Waals surface area contributed by atoms with Crippen molar-refractivity contribution in [2.45, 2.75) is 6.92 Å². The average Bonchev–Trinajstić information content (AvgIpc) is 3.22. The van der Waals surface area contributed by atoms with E-state index in [1.165, 1.54) is 11.9 Å². The summed E-state index contributed by atoms with van der Waals surface area (Å²) in [4.78, 5) is 14.1. The van der Waals surface area contributed by atoms with Gasteiger partial charge in [0.25, 0.3) is 5.91 Å². The van der Waals surface area contributed by atoms with Crippen LogP contribution in [0.2, 0.25) is 5.02 Å². The zero-order valence-electron chi connectivity index (χ0n) is 18.0. The first-order valence-electron chi connectivity index (χ1n) is 9.86. The molecule has 33 heavy (non-hydrogen) atoms. The fourth-order valence-corrected chi connectivity index (χ4v) is 3.78. The first-order valence-corrected chi connectivity index (χ1v) is 10.6. The smallest absolute Gasteiger partial charge is 0.261 e. The number of carbonyl (C=O) groups excluding carboxylic acids is 1. The number of aromatic nitrogens is 3. The second kappa shape index (κ2) is 9.43. The highest BCUT2D eigenvalue weighted by atomic mass is 35.5. The van der Waals surface area contributed by atoms with Crippen molar-refractivity contribution in [1.29, 1.82) is 0 Å². The monoisotopic (exact) mass is 481 g/mol. The molecule has 0 saturated heterocycles. The van der Waals surface area contributed by atoms with Gasteiger partial charge in [0.1, 0.15) is 22.5 Å². The zero-order valence-corrected chi connectivity index (χ0v) is 19.6. The van der Waals surface area contributed by atoms with Gasteiger partial charge in [0, 0.05) is 5.69 Å². The molecule has 0 aliphatic heterocycles. The number of halogens is 1. The summed E-state index contributed by atoms with van der Waals surface area (Å²) in [5.74, 6) is 0.716. The van der Waals surface area contributed by atoms with Crippen molar-refractivity contribution < 1.29 is 14.3 Å². The molecule has 3 aromatic carbocycles. The van der Waals surface area contributed by atoms with Gasteiger partial charge in [-0.2, -0.15) is 4.80 Å². The number of amides is 1. The van der Waals surface area contributed by atoms with Crippen LogP contribution in [0.5, 0.6) is 11.5 Å². The minimum atomic E-state index is -0.364. The van der Waals surface area contributed by atoms with E-state index in [0.717, 1.165) is 5.56 Å². The summed E-state index contributed by atoms with van der Waals surface area (Å²) >= 11 is 11.5. The van der Waals surface area contributed by atoms with Crippen LogP contribution < -0.4 is 20.1 Å². The molecule has 0 fully saturated rings. The summed E-state index contributed by atoms with van der Waals surface area (Å²) < 4.78 is 10.5. The van der Waals surface area contributed by atoms with Crippen LogP contribution in [0.1, 0.15) is 15.9 Å². The molecule has 0 unspecified atom stereocenters. The van der Waals surface area contributed by atoms with Crippen LogP contribution >= 0.6 is 23.8 Å². The number of carbonyl (C=O) groups is 1. The lowest BCUT2D eigenvalue weighted by molar-refractivity contribution is 0.0974. The lowest BCUT2D eigenvalue weighted by atomic mass is 10.1. The molecule has 0 saturated carbocycles. The predicted octanol–water partition coefficient (Wildman–Crippen LogP) is 4.53. The number of nitrogens with one attached hydrogen (secondary N) is 2. The third-order valence-electron chi connectivity index (χ3n) is 4.89. The molecule has 4 rings (SSSR count). The van der Waals surface area contributed by atoms with Crippen LogP contribution in [0.15, 0.2) is 54.6 Å². The molecule has 0 spiro atoms. The maximum absolute atomic E-state index is 12.7. The van der Waals surface area contributed by atoms with Crippen LogP contribution in [-0.2, 0) is 0 Å². The van der Waals surface area contributed by atoms with Gasteiger partial charge in [-0.25, -0.2) is 0 Å². The molecule has 0 atom stereocenters. The van der Waals surface area contributed by atoms with Gasteiger partial charge in [-0.1, -0.05) is 23.7 Å². The first-order chi connectivity index (χ1) is 15.9. The van der Waals surface area contributed by atoms with Crippen LogP contribution in [0.25, 0.3) is 16.7 Å². The number of ether oxygens (including phenoxy) is 2. The number of aryl methyl sites for hydroxylation is 1. The molecule has 1 heterocycles. The minimum Gasteiger partial charge on any atom is -0.496 e. The molecule has 0 bridgehead atoms.